The quantitative estimate of drug-likeness (QED) is 0.407. The maximum absolute atomic E-state index is 6.14. The SMILES string of the molecule is CN=C(NCCc1c(Cl)cccc1Cl)NCc1ccco1.I. The summed E-state index contributed by atoms with van der Waals surface area (Å²) in [5, 5.41) is 7.75. The van der Waals surface area contributed by atoms with Crippen LogP contribution < -0.4 is 10.6 Å². The average molecular weight is 454 g/mol. The lowest BCUT2D eigenvalue weighted by molar-refractivity contribution is 0.501. The van der Waals surface area contributed by atoms with E-state index in [1.807, 2.05) is 30.3 Å². The first-order chi connectivity index (χ1) is 10.2. The number of guanidine groups is 1. The van der Waals surface area contributed by atoms with Crippen molar-refractivity contribution in [3.63, 3.8) is 0 Å². The van der Waals surface area contributed by atoms with Crippen LogP contribution in [0.3, 0.4) is 0 Å². The van der Waals surface area contributed by atoms with Crippen molar-refractivity contribution in [1.82, 2.24) is 10.6 Å². The monoisotopic (exact) mass is 453 g/mol. The van der Waals surface area contributed by atoms with E-state index < -0.39 is 0 Å². The molecule has 0 aliphatic carbocycles. The van der Waals surface area contributed by atoms with E-state index >= 15 is 0 Å². The summed E-state index contributed by atoms with van der Waals surface area (Å²) in [6.07, 6.45) is 2.37. The maximum atomic E-state index is 6.14. The summed E-state index contributed by atoms with van der Waals surface area (Å²) in [5.74, 6) is 1.56. The minimum Gasteiger partial charge on any atom is -0.467 e. The van der Waals surface area contributed by atoms with Crippen LogP contribution in [-0.2, 0) is 13.0 Å². The Bertz CT molecular complexity index is 583. The lowest BCUT2D eigenvalue weighted by Crippen LogP contribution is -2.37. The fourth-order valence-electron chi connectivity index (χ4n) is 1.88. The predicted octanol–water partition coefficient (Wildman–Crippen LogP) is 4.11. The standard InChI is InChI=1S/C15H17Cl2N3O.HI/c1-18-15(20-10-11-4-3-9-21-11)19-8-7-12-13(16)5-2-6-14(12)17;/h2-6,9H,7-8,10H2,1H3,(H2,18,19,20);1H. The topological polar surface area (TPSA) is 49.6 Å². The highest BCUT2D eigenvalue weighted by molar-refractivity contribution is 14.0. The van der Waals surface area contributed by atoms with Crippen molar-refractivity contribution < 1.29 is 4.42 Å². The molecule has 0 spiro atoms. The van der Waals surface area contributed by atoms with Crippen molar-refractivity contribution in [3.05, 3.63) is 58.0 Å². The summed E-state index contributed by atoms with van der Waals surface area (Å²) in [7, 11) is 1.72. The van der Waals surface area contributed by atoms with Gasteiger partial charge in [0.15, 0.2) is 5.96 Å². The van der Waals surface area contributed by atoms with Gasteiger partial charge in [-0.25, -0.2) is 0 Å². The van der Waals surface area contributed by atoms with Gasteiger partial charge in [-0.2, -0.15) is 0 Å². The summed E-state index contributed by atoms with van der Waals surface area (Å²) in [6, 6.07) is 9.28. The zero-order valence-corrected chi connectivity index (χ0v) is 15.9. The third-order valence-corrected chi connectivity index (χ3v) is 3.67. The Kier molecular flexibility index (Phi) is 8.67. The summed E-state index contributed by atoms with van der Waals surface area (Å²) in [4.78, 5) is 4.15. The lowest BCUT2D eigenvalue weighted by Gasteiger charge is -2.12. The van der Waals surface area contributed by atoms with Crippen LogP contribution in [0.25, 0.3) is 0 Å². The molecule has 0 bridgehead atoms. The fraction of sp³-hybridized carbons (Fsp3) is 0.267. The third kappa shape index (κ3) is 5.70. The molecule has 0 atom stereocenters. The van der Waals surface area contributed by atoms with Gasteiger partial charge in [0.05, 0.1) is 12.8 Å². The summed E-state index contributed by atoms with van der Waals surface area (Å²) in [5.41, 5.74) is 0.940. The molecule has 2 N–H and O–H groups in total. The molecule has 0 radical (unpaired) electrons. The Balaban J connectivity index is 0.00000242. The first kappa shape index (κ1) is 19.1. The van der Waals surface area contributed by atoms with Gasteiger partial charge in [-0.15, -0.1) is 24.0 Å². The normalized spacial score (nSPS) is 11.0. The van der Waals surface area contributed by atoms with Gasteiger partial charge in [-0.1, -0.05) is 29.3 Å². The van der Waals surface area contributed by atoms with Crippen LogP contribution >= 0.6 is 47.2 Å². The van der Waals surface area contributed by atoms with Gasteiger partial charge >= 0.3 is 0 Å². The first-order valence-electron chi connectivity index (χ1n) is 6.60. The van der Waals surface area contributed by atoms with Gasteiger partial charge in [0, 0.05) is 23.6 Å². The van der Waals surface area contributed by atoms with Crippen LogP contribution in [0.4, 0.5) is 0 Å². The Morgan fingerprint density at radius 1 is 1.14 bits per heavy atom. The van der Waals surface area contributed by atoms with Gasteiger partial charge < -0.3 is 15.1 Å². The van der Waals surface area contributed by atoms with Crippen molar-refractivity contribution in [2.45, 2.75) is 13.0 Å². The number of nitrogens with one attached hydrogen (secondary N) is 2. The second-order valence-electron chi connectivity index (χ2n) is 4.38. The zero-order valence-electron chi connectivity index (χ0n) is 12.1. The molecule has 1 heterocycles. The molecule has 1 aromatic carbocycles. The molecule has 1 aromatic heterocycles. The van der Waals surface area contributed by atoms with Gasteiger partial charge in [0.1, 0.15) is 5.76 Å². The summed E-state index contributed by atoms with van der Waals surface area (Å²) >= 11 is 12.3. The molecular formula is C15H18Cl2IN3O. The van der Waals surface area contributed by atoms with Gasteiger partial charge in [0.25, 0.3) is 0 Å². The molecule has 120 valence electrons. The molecule has 0 aliphatic rings. The second kappa shape index (κ2) is 9.97. The number of hydrogen-bond acceptors (Lipinski definition) is 2. The molecule has 0 saturated carbocycles. The van der Waals surface area contributed by atoms with Gasteiger partial charge in [-0.3, -0.25) is 4.99 Å². The van der Waals surface area contributed by atoms with Crippen molar-refractivity contribution in [1.29, 1.82) is 0 Å². The van der Waals surface area contributed by atoms with E-state index in [2.05, 4.69) is 15.6 Å². The van der Waals surface area contributed by atoms with E-state index in [-0.39, 0.29) is 24.0 Å². The van der Waals surface area contributed by atoms with E-state index in [1.165, 1.54) is 0 Å². The number of hydrogen-bond donors (Lipinski definition) is 2. The molecule has 4 nitrogen and oxygen atoms in total. The van der Waals surface area contributed by atoms with Crippen LogP contribution in [0.2, 0.25) is 10.0 Å². The van der Waals surface area contributed by atoms with Crippen molar-refractivity contribution in [2.24, 2.45) is 4.99 Å². The minimum absolute atomic E-state index is 0. The third-order valence-electron chi connectivity index (χ3n) is 2.96. The molecule has 0 unspecified atom stereocenters. The highest BCUT2D eigenvalue weighted by Gasteiger charge is 2.06. The first-order valence-corrected chi connectivity index (χ1v) is 7.36. The number of aliphatic imine (C=N–C) groups is 1. The lowest BCUT2D eigenvalue weighted by atomic mass is 10.1. The Labute approximate surface area is 157 Å². The van der Waals surface area contributed by atoms with E-state index in [0.29, 0.717) is 29.1 Å². The minimum atomic E-state index is 0. The number of nitrogens with zero attached hydrogens (tertiary/aromatic N) is 1. The number of rotatable bonds is 5. The van der Waals surface area contributed by atoms with Crippen LogP contribution in [0, 0.1) is 0 Å². The van der Waals surface area contributed by atoms with E-state index in [0.717, 1.165) is 17.7 Å². The molecule has 0 amide bonds. The molecular weight excluding hydrogens is 436 g/mol. The molecule has 2 aromatic rings. The summed E-state index contributed by atoms with van der Waals surface area (Å²) in [6.45, 7) is 1.26. The van der Waals surface area contributed by atoms with Crippen LogP contribution in [0.15, 0.2) is 46.0 Å². The Morgan fingerprint density at radius 2 is 1.86 bits per heavy atom. The smallest absolute Gasteiger partial charge is 0.191 e. The van der Waals surface area contributed by atoms with Crippen LogP contribution in [0.1, 0.15) is 11.3 Å². The van der Waals surface area contributed by atoms with Crippen molar-refractivity contribution in [2.75, 3.05) is 13.6 Å². The number of furan rings is 1. The zero-order chi connectivity index (χ0) is 15.1. The van der Waals surface area contributed by atoms with Crippen LogP contribution in [-0.4, -0.2) is 19.6 Å². The predicted molar refractivity (Wildman–Crippen MR) is 102 cm³/mol. The molecule has 2 rings (SSSR count). The Morgan fingerprint density at radius 3 is 2.45 bits per heavy atom. The fourth-order valence-corrected chi connectivity index (χ4v) is 2.47. The highest BCUT2D eigenvalue weighted by Crippen LogP contribution is 2.24. The van der Waals surface area contributed by atoms with Gasteiger partial charge in [-0.05, 0) is 36.2 Å². The number of benzene rings is 1. The molecule has 0 fully saturated rings. The van der Waals surface area contributed by atoms with Crippen LogP contribution in [0.5, 0.6) is 0 Å². The van der Waals surface area contributed by atoms with E-state index in [4.69, 9.17) is 27.6 Å². The molecule has 0 saturated heterocycles. The number of halogens is 3. The van der Waals surface area contributed by atoms with Crippen molar-refractivity contribution >= 4 is 53.1 Å². The molecule has 0 aliphatic heterocycles. The summed E-state index contributed by atoms with van der Waals surface area (Å²) < 4.78 is 5.25. The maximum Gasteiger partial charge on any atom is 0.191 e. The second-order valence-corrected chi connectivity index (χ2v) is 5.20. The highest BCUT2D eigenvalue weighted by atomic mass is 127. The van der Waals surface area contributed by atoms with E-state index in [1.54, 1.807) is 13.3 Å². The van der Waals surface area contributed by atoms with Gasteiger partial charge in [0.2, 0.25) is 0 Å². The Hall–Kier alpha value is -0.920. The molecule has 22 heavy (non-hydrogen) atoms. The van der Waals surface area contributed by atoms with E-state index in [9.17, 15) is 0 Å². The largest absolute Gasteiger partial charge is 0.467 e. The molecule has 7 heteroatoms. The average Bonchev–Trinajstić information content (AvgIpc) is 2.98. The van der Waals surface area contributed by atoms with Crippen molar-refractivity contribution in [3.8, 4) is 0 Å².